The standard InChI is InChI=1S/C24H28N4O5/c1-4-5-17-6-8-18(9-7-17)10-11-20-23(24(25)31)26-27-28(20)21-12-19(14-32-15(2)29)13-22(21)33-16(3)30/h6-9,19,21-22H,4-5,12-14H2,1-3H3,(H2,25,31)/t19-,21+,22+/m0/s1. The third-order valence-electron chi connectivity index (χ3n) is 5.47. The van der Waals surface area contributed by atoms with E-state index in [0.29, 0.717) is 12.8 Å². The van der Waals surface area contributed by atoms with Crippen LogP contribution in [0.4, 0.5) is 0 Å². The lowest BCUT2D eigenvalue weighted by atomic mass is 10.1. The van der Waals surface area contributed by atoms with Crippen LogP contribution in [0.3, 0.4) is 0 Å². The molecule has 0 aliphatic heterocycles. The predicted molar refractivity (Wildman–Crippen MR) is 119 cm³/mol. The lowest BCUT2D eigenvalue weighted by Gasteiger charge is -2.19. The second-order valence-corrected chi connectivity index (χ2v) is 8.15. The molecule has 1 amide bonds. The second kappa shape index (κ2) is 10.8. The summed E-state index contributed by atoms with van der Waals surface area (Å²) in [5.74, 6) is 4.43. The van der Waals surface area contributed by atoms with Crippen LogP contribution >= 0.6 is 0 Å². The van der Waals surface area contributed by atoms with Crippen LogP contribution in [0.15, 0.2) is 24.3 Å². The van der Waals surface area contributed by atoms with Gasteiger partial charge in [0, 0.05) is 19.4 Å². The van der Waals surface area contributed by atoms with Gasteiger partial charge in [-0.05, 0) is 48.8 Å². The van der Waals surface area contributed by atoms with Gasteiger partial charge in [0.05, 0.1) is 12.6 Å². The van der Waals surface area contributed by atoms with Crippen molar-refractivity contribution in [2.75, 3.05) is 6.61 Å². The van der Waals surface area contributed by atoms with Crippen molar-refractivity contribution < 1.29 is 23.9 Å². The number of aromatic nitrogens is 3. The summed E-state index contributed by atoms with van der Waals surface area (Å²) in [7, 11) is 0. The normalized spacial score (nSPS) is 19.4. The molecule has 1 heterocycles. The molecular formula is C24H28N4O5. The lowest BCUT2D eigenvalue weighted by Crippen LogP contribution is -2.26. The highest BCUT2D eigenvalue weighted by atomic mass is 16.5. The van der Waals surface area contributed by atoms with Crippen LogP contribution in [0, 0.1) is 17.8 Å². The number of primary amides is 1. The minimum atomic E-state index is -0.748. The minimum absolute atomic E-state index is 0.0450. The Hall–Kier alpha value is -3.67. The number of carbonyl (C=O) groups is 3. The maximum atomic E-state index is 12.0. The first-order chi connectivity index (χ1) is 15.8. The average Bonchev–Trinajstić information content (AvgIpc) is 3.35. The quantitative estimate of drug-likeness (QED) is 0.504. The van der Waals surface area contributed by atoms with Crippen molar-refractivity contribution >= 4 is 17.8 Å². The molecule has 1 aromatic heterocycles. The molecule has 1 aromatic carbocycles. The van der Waals surface area contributed by atoms with Crippen LogP contribution in [0.1, 0.15) is 73.4 Å². The summed E-state index contributed by atoms with van der Waals surface area (Å²) in [4.78, 5) is 34.9. The van der Waals surface area contributed by atoms with Crippen LogP contribution in [-0.4, -0.2) is 45.6 Å². The van der Waals surface area contributed by atoms with Gasteiger partial charge in [0.2, 0.25) is 0 Å². The monoisotopic (exact) mass is 452 g/mol. The zero-order chi connectivity index (χ0) is 24.0. The van der Waals surface area contributed by atoms with Gasteiger partial charge in [0.1, 0.15) is 11.8 Å². The Labute approximate surface area is 192 Å². The third-order valence-corrected chi connectivity index (χ3v) is 5.47. The maximum absolute atomic E-state index is 12.0. The van der Waals surface area contributed by atoms with Crippen molar-refractivity contribution in [3.8, 4) is 11.8 Å². The highest BCUT2D eigenvalue weighted by Crippen LogP contribution is 2.37. The van der Waals surface area contributed by atoms with Crippen molar-refractivity contribution in [3.63, 3.8) is 0 Å². The molecule has 174 valence electrons. The molecule has 0 radical (unpaired) electrons. The molecule has 2 N–H and O–H groups in total. The summed E-state index contributed by atoms with van der Waals surface area (Å²) < 4.78 is 12.1. The number of carbonyl (C=O) groups excluding carboxylic acids is 3. The van der Waals surface area contributed by atoms with E-state index in [-0.39, 0.29) is 29.9 Å². The van der Waals surface area contributed by atoms with Gasteiger partial charge < -0.3 is 15.2 Å². The molecule has 1 aliphatic carbocycles. The number of hydrogen-bond donors (Lipinski definition) is 1. The molecule has 3 rings (SSSR count). The molecule has 0 spiro atoms. The van der Waals surface area contributed by atoms with Crippen LogP contribution in [0.2, 0.25) is 0 Å². The molecular weight excluding hydrogens is 424 g/mol. The fraction of sp³-hybridized carbons (Fsp3) is 0.458. The molecule has 9 nitrogen and oxygen atoms in total. The van der Waals surface area contributed by atoms with E-state index in [1.54, 1.807) is 0 Å². The molecule has 0 saturated heterocycles. The summed E-state index contributed by atoms with van der Waals surface area (Å²) in [6, 6.07) is 7.45. The van der Waals surface area contributed by atoms with Crippen molar-refractivity contribution in [2.24, 2.45) is 11.7 Å². The first-order valence-electron chi connectivity index (χ1n) is 10.9. The van der Waals surface area contributed by atoms with Crippen LogP contribution < -0.4 is 5.73 Å². The summed E-state index contributed by atoms with van der Waals surface area (Å²) in [6.07, 6.45) is 2.51. The molecule has 33 heavy (non-hydrogen) atoms. The van der Waals surface area contributed by atoms with E-state index in [4.69, 9.17) is 15.2 Å². The number of rotatable bonds is 7. The Morgan fingerprint density at radius 1 is 1.12 bits per heavy atom. The zero-order valence-corrected chi connectivity index (χ0v) is 19.0. The van der Waals surface area contributed by atoms with Crippen molar-refractivity contribution in [2.45, 2.75) is 58.6 Å². The maximum Gasteiger partial charge on any atom is 0.302 e. The van der Waals surface area contributed by atoms with E-state index in [1.165, 1.54) is 24.1 Å². The fourth-order valence-electron chi connectivity index (χ4n) is 4.03. The molecule has 1 aliphatic rings. The highest BCUT2D eigenvalue weighted by Gasteiger charge is 2.40. The number of benzene rings is 1. The number of hydrogen-bond acceptors (Lipinski definition) is 7. The molecule has 0 unspecified atom stereocenters. The molecule has 2 aromatic rings. The second-order valence-electron chi connectivity index (χ2n) is 8.15. The van der Waals surface area contributed by atoms with Gasteiger partial charge >= 0.3 is 11.9 Å². The predicted octanol–water partition coefficient (Wildman–Crippen LogP) is 2.18. The first-order valence-corrected chi connectivity index (χ1v) is 10.9. The number of aryl methyl sites for hydroxylation is 1. The summed E-state index contributed by atoms with van der Waals surface area (Å²) in [5.41, 5.74) is 7.72. The number of amides is 1. The number of esters is 2. The van der Waals surface area contributed by atoms with Crippen LogP contribution in [0.5, 0.6) is 0 Å². The van der Waals surface area contributed by atoms with Crippen molar-refractivity contribution in [1.29, 1.82) is 0 Å². The van der Waals surface area contributed by atoms with Gasteiger partial charge in [-0.3, -0.25) is 14.4 Å². The summed E-state index contributed by atoms with van der Waals surface area (Å²) >= 11 is 0. The highest BCUT2D eigenvalue weighted by molar-refractivity contribution is 5.92. The Balaban J connectivity index is 1.93. The van der Waals surface area contributed by atoms with Gasteiger partial charge in [-0.15, -0.1) is 5.10 Å². The van der Waals surface area contributed by atoms with Gasteiger partial charge in [-0.25, -0.2) is 4.68 Å². The van der Waals surface area contributed by atoms with Gasteiger partial charge in [0.15, 0.2) is 5.69 Å². The Morgan fingerprint density at radius 2 is 1.85 bits per heavy atom. The molecule has 1 saturated carbocycles. The van der Waals surface area contributed by atoms with Crippen LogP contribution in [-0.2, 0) is 25.5 Å². The van der Waals surface area contributed by atoms with Crippen molar-refractivity contribution in [1.82, 2.24) is 15.0 Å². The van der Waals surface area contributed by atoms with Crippen molar-refractivity contribution in [3.05, 3.63) is 46.8 Å². The third kappa shape index (κ3) is 6.19. The van der Waals surface area contributed by atoms with E-state index in [0.717, 1.165) is 18.4 Å². The number of nitrogens with zero attached hydrogens (tertiary/aromatic N) is 3. The number of ether oxygens (including phenoxy) is 2. The zero-order valence-electron chi connectivity index (χ0n) is 19.0. The molecule has 3 atom stereocenters. The first kappa shape index (κ1) is 24.0. The van der Waals surface area contributed by atoms with E-state index < -0.39 is 24.0 Å². The molecule has 0 bridgehead atoms. The average molecular weight is 453 g/mol. The van der Waals surface area contributed by atoms with E-state index in [1.807, 2.05) is 24.3 Å². The van der Waals surface area contributed by atoms with Crippen LogP contribution in [0.25, 0.3) is 0 Å². The smallest absolute Gasteiger partial charge is 0.302 e. The topological polar surface area (TPSA) is 126 Å². The van der Waals surface area contributed by atoms with E-state index >= 15 is 0 Å². The minimum Gasteiger partial charge on any atom is -0.466 e. The molecule has 1 fully saturated rings. The van der Waals surface area contributed by atoms with E-state index in [2.05, 4.69) is 29.1 Å². The van der Waals surface area contributed by atoms with E-state index in [9.17, 15) is 14.4 Å². The van der Waals surface area contributed by atoms with Gasteiger partial charge in [0.25, 0.3) is 5.91 Å². The fourth-order valence-corrected chi connectivity index (χ4v) is 4.03. The largest absolute Gasteiger partial charge is 0.466 e. The Bertz CT molecular complexity index is 1080. The number of nitrogens with two attached hydrogens (primary N) is 1. The molecule has 9 heteroatoms. The summed E-state index contributed by atoms with van der Waals surface area (Å²) in [6.45, 7) is 4.99. The summed E-state index contributed by atoms with van der Waals surface area (Å²) in [5, 5.41) is 8.06. The Kier molecular flexibility index (Phi) is 7.83. The SMILES string of the molecule is CCCc1ccc(C#Cc2c(C(N)=O)nnn2[C@@H]2C[C@H](COC(C)=O)C[C@H]2OC(C)=O)cc1. The lowest BCUT2D eigenvalue weighted by molar-refractivity contribution is -0.148. The van der Waals surface area contributed by atoms with Gasteiger partial charge in [-0.1, -0.05) is 36.6 Å². The Morgan fingerprint density at radius 3 is 2.45 bits per heavy atom. The van der Waals surface area contributed by atoms with Gasteiger partial charge in [-0.2, -0.15) is 0 Å².